The number of nitrogens with zero attached hydrogens (tertiary/aromatic N) is 1. The number of nitrogens with one attached hydrogen (secondary N) is 1. The standard InChI is InChI=1S/C16H17FN2O2.ClH/c1-10-8-18-7-6-11(10)14(17)9-19-15(20)12-4-2-3-5-13(12)16(19)21;/h2-5,10,18H,6-9H2,1H3;1H/b14-11-;. The summed E-state index contributed by atoms with van der Waals surface area (Å²) in [4.78, 5) is 25.4. The van der Waals surface area contributed by atoms with Crippen molar-refractivity contribution in [3.8, 4) is 0 Å². The number of carbonyl (C=O) groups excluding carboxylic acids is 2. The van der Waals surface area contributed by atoms with Crippen LogP contribution in [0.15, 0.2) is 35.7 Å². The molecule has 0 aromatic heterocycles. The molecule has 3 rings (SSSR count). The molecule has 1 fully saturated rings. The van der Waals surface area contributed by atoms with Crippen LogP contribution in [0.25, 0.3) is 0 Å². The van der Waals surface area contributed by atoms with Crippen molar-refractivity contribution in [2.45, 2.75) is 13.3 Å². The summed E-state index contributed by atoms with van der Waals surface area (Å²) in [6.07, 6.45) is 0.621. The van der Waals surface area contributed by atoms with Gasteiger partial charge in [0, 0.05) is 6.54 Å². The summed E-state index contributed by atoms with van der Waals surface area (Å²) in [5, 5.41) is 3.20. The van der Waals surface area contributed by atoms with Crippen molar-refractivity contribution in [1.82, 2.24) is 10.2 Å². The van der Waals surface area contributed by atoms with E-state index in [1.165, 1.54) is 0 Å². The Morgan fingerprint density at radius 3 is 2.41 bits per heavy atom. The van der Waals surface area contributed by atoms with E-state index in [2.05, 4.69) is 5.32 Å². The molecule has 2 aliphatic heterocycles. The van der Waals surface area contributed by atoms with Gasteiger partial charge in [-0.25, -0.2) is 4.39 Å². The molecule has 1 unspecified atom stereocenters. The van der Waals surface area contributed by atoms with Crippen LogP contribution in [0, 0.1) is 5.92 Å². The van der Waals surface area contributed by atoms with E-state index in [0.717, 1.165) is 18.0 Å². The van der Waals surface area contributed by atoms with Gasteiger partial charge >= 0.3 is 0 Å². The molecule has 118 valence electrons. The smallest absolute Gasteiger partial charge is 0.261 e. The lowest BCUT2D eigenvalue weighted by molar-refractivity contribution is 0.0658. The molecule has 4 nitrogen and oxygen atoms in total. The van der Waals surface area contributed by atoms with Gasteiger partial charge in [0.1, 0.15) is 5.83 Å². The van der Waals surface area contributed by atoms with Gasteiger partial charge in [-0.3, -0.25) is 14.5 Å². The highest BCUT2D eigenvalue weighted by Gasteiger charge is 2.36. The number of rotatable bonds is 2. The van der Waals surface area contributed by atoms with E-state index in [9.17, 15) is 14.0 Å². The Labute approximate surface area is 134 Å². The van der Waals surface area contributed by atoms with Gasteiger partial charge in [-0.05, 0) is 36.6 Å². The van der Waals surface area contributed by atoms with Crippen LogP contribution in [0.5, 0.6) is 0 Å². The fourth-order valence-corrected chi connectivity index (χ4v) is 2.94. The Kier molecular flexibility index (Phi) is 4.98. The average molecular weight is 325 g/mol. The quantitative estimate of drug-likeness (QED) is 0.851. The third kappa shape index (κ3) is 2.78. The summed E-state index contributed by atoms with van der Waals surface area (Å²) in [6.45, 7) is 3.15. The molecule has 2 amide bonds. The number of imide groups is 1. The number of hydrogen-bond acceptors (Lipinski definition) is 3. The van der Waals surface area contributed by atoms with Crippen molar-refractivity contribution in [2.75, 3.05) is 19.6 Å². The Hall–Kier alpha value is -1.72. The normalized spacial score (nSPS) is 23.2. The monoisotopic (exact) mass is 324 g/mol. The Morgan fingerprint density at radius 1 is 1.27 bits per heavy atom. The van der Waals surface area contributed by atoms with E-state index >= 15 is 0 Å². The SMILES string of the molecule is CC1CNCC/C1=C(/F)CN1C(=O)c2ccccc2C1=O.Cl. The molecule has 22 heavy (non-hydrogen) atoms. The molecule has 0 bridgehead atoms. The van der Waals surface area contributed by atoms with Crippen molar-refractivity contribution in [2.24, 2.45) is 5.92 Å². The van der Waals surface area contributed by atoms with Crippen molar-refractivity contribution >= 4 is 24.2 Å². The molecule has 6 heteroatoms. The first-order valence-corrected chi connectivity index (χ1v) is 7.13. The summed E-state index contributed by atoms with van der Waals surface area (Å²) in [7, 11) is 0. The minimum Gasteiger partial charge on any atom is -0.316 e. The Bertz CT molecular complexity index is 610. The summed E-state index contributed by atoms with van der Waals surface area (Å²) in [6, 6.07) is 6.62. The number of fused-ring (bicyclic) bond motifs is 1. The molecular formula is C16H18ClFN2O2. The van der Waals surface area contributed by atoms with Gasteiger partial charge in [-0.1, -0.05) is 19.1 Å². The summed E-state index contributed by atoms with van der Waals surface area (Å²) < 4.78 is 14.5. The molecule has 0 radical (unpaired) electrons. The number of halogens is 2. The van der Waals surface area contributed by atoms with Gasteiger partial charge in [0.2, 0.25) is 0 Å². The van der Waals surface area contributed by atoms with Crippen LogP contribution in [0.3, 0.4) is 0 Å². The van der Waals surface area contributed by atoms with E-state index in [1.807, 2.05) is 6.92 Å². The second-order valence-corrected chi connectivity index (χ2v) is 5.53. The highest BCUT2D eigenvalue weighted by Crippen LogP contribution is 2.27. The van der Waals surface area contributed by atoms with Gasteiger partial charge in [0.05, 0.1) is 17.7 Å². The molecule has 2 aliphatic rings. The van der Waals surface area contributed by atoms with E-state index in [-0.39, 0.29) is 30.7 Å². The van der Waals surface area contributed by atoms with Crippen molar-refractivity contribution < 1.29 is 14.0 Å². The fourth-order valence-electron chi connectivity index (χ4n) is 2.94. The Balaban J connectivity index is 0.00000176. The van der Waals surface area contributed by atoms with Crippen LogP contribution < -0.4 is 5.32 Å². The zero-order chi connectivity index (χ0) is 15.0. The molecule has 0 saturated carbocycles. The molecular weight excluding hydrogens is 307 g/mol. The second-order valence-electron chi connectivity index (χ2n) is 5.53. The topological polar surface area (TPSA) is 49.4 Å². The number of amides is 2. The molecule has 1 aromatic rings. The molecule has 1 atom stereocenters. The molecule has 1 saturated heterocycles. The highest BCUT2D eigenvalue weighted by atomic mass is 35.5. The highest BCUT2D eigenvalue weighted by molar-refractivity contribution is 6.21. The third-order valence-corrected chi connectivity index (χ3v) is 4.14. The van der Waals surface area contributed by atoms with Crippen molar-refractivity contribution in [3.05, 3.63) is 46.8 Å². The van der Waals surface area contributed by atoms with Gasteiger partial charge in [0.25, 0.3) is 11.8 Å². The lowest BCUT2D eigenvalue weighted by Gasteiger charge is -2.24. The number of hydrogen-bond donors (Lipinski definition) is 1. The van der Waals surface area contributed by atoms with E-state index < -0.39 is 11.8 Å². The zero-order valence-corrected chi connectivity index (χ0v) is 13.1. The summed E-state index contributed by atoms with van der Waals surface area (Å²) in [5.41, 5.74) is 1.43. The maximum absolute atomic E-state index is 14.5. The molecule has 1 N–H and O–H groups in total. The zero-order valence-electron chi connectivity index (χ0n) is 12.3. The maximum Gasteiger partial charge on any atom is 0.261 e. The Morgan fingerprint density at radius 2 is 1.86 bits per heavy atom. The largest absolute Gasteiger partial charge is 0.316 e. The van der Waals surface area contributed by atoms with E-state index in [1.54, 1.807) is 24.3 Å². The van der Waals surface area contributed by atoms with Crippen LogP contribution >= 0.6 is 12.4 Å². The van der Waals surface area contributed by atoms with Gasteiger partial charge < -0.3 is 5.32 Å². The van der Waals surface area contributed by atoms with Crippen LogP contribution in [0.4, 0.5) is 4.39 Å². The first-order valence-electron chi connectivity index (χ1n) is 7.13. The van der Waals surface area contributed by atoms with Crippen molar-refractivity contribution in [3.63, 3.8) is 0 Å². The molecule has 2 heterocycles. The van der Waals surface area contributed by atoms with E-state index in [0.29, 0.717) is 23.1 Å². The minimum atomic E-state index is -0.409. The predicted molar refractivity (Wildman–Crippen MR) is 83.8 cm³/mol. The molecule has 0 aliphatic carbocycles. The molecule has 0 spiro atoms. The molecule has 1 aromatic carbocycles. The lowest BCUT2D eigenvalue weighted by Crippen LogP contribution is -2.34. The number of benzene rings is 1. The van der Waals surface area contributed by atoms with Gasteiger partial charge in [-0.15, -0.1) is 12.4 Å². The first-order chi connectivity index (χ1) is 10.1. The maximum atomic E-state index is 14.5. The first kappa shape index (κ1) is 16.6. The van der Waals surface area contributed by atoms with Crippen molar-refractivity contribution in [1.29, 1.82) is 0 Å². The van der Waals surface area contributed by atoms with Crippen LogP contribution in [-0.2, 0) is 0 Å². The fraction of sp³-hybridized carbons (Fsp3) is 0.375. The average Bonchev–Trinajstić information content (AvgIpc) is 2.73. The van der Waals surface area contributed by atoms with Gasteiger partial charge in [0.15, 0.2) is 0 Å². The van der Waals surface area contributed by atoms with E-state index in [4.69, 9.17) is 0 Å². The van der Waals surface area contributed by atoms with Crippen LogP contribution in [-0.4, -0.2) is 36.3 Å². The summed E-state index contributed by atoms with van der Waals surface area (Å²) >= 11 is 0. The van der Waals surface area contributed by atoms with Gasteiger partial charge in [-0.2, -0.15) is 0 Å². The second kappa shape index (κ2) is 6.58. The van der Waals surface area contributed by atoms with Crippen LogP contribution in [0.2, 0.25) is 0 Å². The summed E-state index contributed by atoms with van der Waals surface area (Å²) in [5.74, 6) is -1.08. The third-order valence-electron chi connectivity index (χ3n) is 4.14. The number of piperidine rings is 1. The lowest BCUT2D eigenvalue weighted by atomic mass is 9.93. The number of carbonyl (C=O) groups is 2. The minimum absolute atomic E-state index is 0. The van der Waals surface area contributed by atoms with Crippen LogP contribution in [0.1, 0.15) is 34.1 Å². The predicted octanol–water partition coefficient (Wildman–Crippen LogP) is 2.56.